The van der Waals surface area contributed by atoms with Crippen molar-refractivity contribution in [3.8, 4) is 11.3 Å². The van der Waals surface area contributed by atoms with Gasteiger partial charge < -0.3 is 15.0 Å². The van der Waals surface area contributed by atoms with E-state index in [0.717, 1.165) is 53.3 Å². The lowest BCUT2D eigenvalue weighted by Crippen LogP contribution is -2.19. The first-order chi connectivity index (χ1) is 11.2. The van der Waals surface area contributed by atoms with E-state index in [2.05, 4.69) is 39.3 Å². The topological polar surface area (TPSA) is 62.8 Å². The molecule has 0 saturated carbocycles. The van der Waals surface area contributed by atoms with Crippen LogP contribution in [-0.4, -0.2) is 34.2 Å². The van der Waals surface area contributed by atoms with Crippen LogP contribution in [0.4, 0.5) is 5.82 Å². The van der Waals surface area contributed by atoms with Crippen molar-refractivity contribution in [1.82, 2.24) is 15.0 Å². The number of hydrogen-bond donors (Lipinski definition) is 2. The largest absolute Gasteiger partial charge is 0.379 e. The highest BCUT2D eigenvalue weighted by atomic mass is 16.5. The molecule has 0 amide bonds. The van der Waals surface area contributed by atoms with Gasteiger partial charge in [-0.25, -0.2) is 4.98 Å². The summed E-state index contributed by atoms with van der Waals surface area (Å²) in [6.45, 7) is 5.72. The number of aromatic amines is 1. The van der Waals surface area contributed by atoms with Crippen LogP contribution in [0.25, 0.3) is 22.2 Å². The molecule has 5 heteroatoms. The molecule has 1 aliphatic heterocycles. The number of aromatic nitrogens is 3. The normalized spacial score (nSPS) is 17.7. The lowest BCUT2D eigenvalue weighted by Gasteiger charge is -2.10. The molecule has 1 fully saturated rings. The van der Waals surface area contributed by atoms with Gasteiger partial charge in [0.25, 0.3) is 0 Å². The number of aryl methyl sites for hydroxylation is 2. The summed E-state index contributed by atoms with van der Waals surface area (Å²) >= 11 is 0. The Morgan fingerprint density at radius 2 is 2.17 bits per heavy atom. The summed E-state index contributed by atoms with van der Waals surface area (Å²) in [5.74, 6) is 0.895. The Hall–Kier alpha value is -2.40. The zero-order valence-corrected chi connectivity index (χ0v) is 13.4. The quantitative estimate of drug-likeness (QED) is 0.778. The molecule has 4 heterocycles. The van der Waals surface area contributed by atoms with Crippen molar-refractivity contribution in [2.45, 2.75) is 26.3 Å². The number of hydrogen-bond acceptors (Lipinski definition) is 4. The van der Waals surface area contributed by atoms with E-state index in [1.165, 1.54) is 5.56 Å². The van der Waals surface area contributed by atoms with E-state index in [9.17, 15) is 0 Å². The van der Waals surface area contributed by atoms with Crippen LogP contribution in [0.3, 0.4) is 0 Å². The summed E-state index contributed by atoms with van der Waals surface area (Å²) in [4.78, 5) is 12.4. The minimum absolute atomic E-state index is 0.360. The molecule has 118 valence electrons. The van der Waals surface area contributed by atoms with E-state index >= 15 is 0 Å². The highest BCUT2D eigenvalue weighted by Crippen LogP contribution is 2.30. The van der Waals surface area contributed by atoms with Gasteiger partial charge in [0.2, 0.25) is 0 Å². The van der Waals surface area contributed by atoms with Crippen LogP contribution in [0.5, 0.6) is 0 Å². The molecule has 4 rings (SSSR count). The first kappa shape index (κ1) is 14.2. The summed E-state index contributed by atoms with van der Waals surface area (Å²) in [6, 6.07) is 6.57. The lowest BCUT2D eigenvalue weighted by atomic mass is 10.1. The number of nitrogens with zero attached hydrogens (tertiary/aromatic N) is 2. The number of rotatable bonds is 3. The fraction of sp³-hybridized carbons (Fsp3) is 0.333. The smallest absolute Gasteiger partial charge is 0.128 e. The predicted molar refractivity (Wildman–Crippen MR) is 91.6 cm³/mol. The molecule has 5 nitrogen and oxygen atoms in total. The Labute approximate surface area is 135 Å². The molecule has 1 saturated heterocycles. The van der Waals surface area contributed by atoms with Crippen molar-refractivity contribution in [1.29, 1.82) is 0 Å². The van der Waals surface area contributed by atoms with Crippen LogP contribution in [0.15, 0.2) is 30.6 Å². The fourth-order valence-electron chi connectivity index (χ4n) is 3.15. The zero-order valence-electron chi connectivity index (χ0n) is 13.4. The molecule has 1 aliphatic rings. The van der Waals surface area contributed by atoms with Crippen LogP contribution in [0, 0.1) is 13.8 Å². The van der Waals surface area contributed by atoms with Gasteiger partial charge in [-0.3, -0.25) is 4.98 Å². The number of nitrogens with one attached hydrogen (secondary N) is 2. The maximum absolute atomic E-state index is 5.41. The van der Waals surface area contributed by atoms with Gasteiger partial charge in [-0.05, 0) is 38.0 Å². The average Bonchev–Trinajstić information content (AvgIpc) is 3.16. The van der Waals surface area contributed by atoms with Crippen molar-refractivity contribution in [2.75, 3.05) is 18.5 Å². The standard InChI is InChI=1S/C18H20N4O/c1-11-7-13(3-5-19-11)18-12(2)15-9-20-17(8-16(15)22-18)21-14-4-6-23-10-14/h3,5,7-9,14,22H,4,6,10H2,1-2H3,(H,20,21). The van der Waals surface area contributed by atoms with Gasteiger partial charge in [-0.1, -0.05) is 0 Å². The third-order valence-electron chi connectivity index (χ3n) is 4.41. The first-order valence-corrected chi connectivity index (χ1v) is 7.96. The molecular weight excluding hydrogens is 288 g/mol. The number of pyridine rings is 2. The van der Waals surface area contributed by atoms with Gasteiger partial charge in [0.1, 0.15) is 5.82 Å². The molecule has 0 spiro atoms. The molecule has 0 bridgehead atoms. The molecule has 23 heavy (non-hydrogen) atoms. The third-order valence-corrected chi connectivity index (χ3v) is 4.41. The third kappa shape index (κ3) is 2.68. The summed E-state index contributed by atoms with van der Waals surface area (Å²) < 4.78 is 5.41. The molecule has 0 radical (unpaired) electrons. The molecule has 1 atom stereocenters. The Kier molecular flexibility index (Phi) is 3.50. The molecule has 3 aromatic heterocycles. The summed E-state index contributed by atoms with van der Waals surface area (Å²) in [6.07, 6.45) is 4.82. The second kappa shape index (κ2) is 5.66. The van der Waals surface area contributed by atoms with Gasteiger partial charge >= 0.3 is 0 Å². The summed E-state index contributed by atoms with van der Waals surface area (Å²) in [7, 11) is 0. The highest BCUT2D eigenvalue weighted by molar-refractivity contribution is 5.91. The number of ether oxygens (including phenoxy) is 1. The molecular formula is C18H20N4O. The molecule has 3 aromatic rings. The lowest BCUT2D eigenvalue weighted by molar-refractivity contribution is 0.195. The Balaban J connectivity index is 1.72. The monoisotopic (exact) mass is 308 g/mol. The SMILES string of the molecule is Cc1cc(-c2[nH]c3cc(NC4CCOC4)ncc3c2C)ccn1. The molecule has 2 N–H and O–H groups in total. The predicted octanol–water partition coefficient (Wildman–Crippen LogP) is 3.44. The molecule has 1 unspecified atom stereocenters. The van der Waals surface area contributed by atoms with Crippen LogP contribution in [0.2, 0.25) is 0 Å². The number of H-pyrrole nitrogens is 1. The van der Waals surface area contributed by atoms with Crippen molar-refractivity contribution >= 4 is 16.7 Å². The van der Waals surface area contributed by atoms with Crippen molar-refractivity contribution in [3.63, 3.8) is 0 Å². The highest BCUT2D eigenvalue weighted by Gasteiger charge is 2.16. The van der Waals surface area contributed by atoms with E-state index < -0.39 is 0 Å². The Bertz CT molecular complexity index is 849. The van der Waals surface area contributed by atoms with Gasteiger partial charge in [-0.15, -0.1) is 0 Å². The van der Waals surface area contributed by atoms with E-state index in [-0.39, 0.29) is 0 Å². The minimum Gasteiger partial charge on any atom is -0.379 e. The van der Waals surface area contributed by atoms with Gasteiger partial charge in [0.15, 0.2) is 0 Å². The van der Waals surface area contributed by atoms with Crippen LogP contribution in [-0.2, 0) is 4.74 Å². The van der Waals surface area contributed by atoms with Crippen molar-refractivity contribution in [3.05, 3.63) is 41.9 Å². The van der Waals surface area contributed by atoms with E-state index in [4.69, 9.17) is 4.74 Å². The van der Waals surface area contributed by atoms with Crippen molar-refractivity contribution in [2.24, 2.45) is 0 Å². The second-order valence-electron chi connectivity index (χ2n) is 6.13. The van der Waals surface area contributed by atoms with E-state index in [1.807, 2.05) is 25.4 Å². The van der Waals surface area contributed by atoms with E-state index in [0.29, 0.717) is 6.04 Å². The number of fused-ring (bicyclic) bond motifs is 1. The molecule has 0 aromatic carbocycles. The van der Waals surface area contributed by atoms with Crippen LogP contribution >= 0.6 is 0 Å². The van der Waals surface area contributed by atoms with Crippen molar-refractivity contribution < 1.29 is 4.74 Å². The first-order valence-electron chi connectivity index (χ1n) is 7.96. The summed E-state index contributed by atoms with van der Waals surface area (Å²) in [5.41, 5.74) is 5.62. The van der Waals surface area contributed by atoms with Gasteiger partial charge in [-0.2, -0.15) is 0 Å². The maximum atomic E-state index is 5.41. The molecule has 0 aliphatic carbocycles. The zero-order chi connectivity index (χ0) is 15.8. The Morgan fingerprint density at radius 1 is 1.26 bits per heavy atom. The maximum Gasteiger partial charge on any atom is 0.128 e. The average molecular weight is 308 g/mol. The van der Waals surface area contributed by atoms with Gasteiger partial charge in [0.05, 0.1) is 18.2 Å². The number of anilines is 1. The van der Waals surface area contributed by atoms with E-state index in [1.54, 1.807) is 0 Å². The Morgan fingerprint density at radius 3 is 2.96 bits per heavy atom. The van der Waals surface area contributed by atoms with Crippen LogP contribution < -0.4 is 5.32 Å². The summed E-state index contributed by atoms with van der Waals surface area (Å²) in [5, 5.41) is 4.60. The second-order valence-corrected chi connectivity index (χ2v) is 6.13. The minimum atomic E-state index is 0.360. The van der Waals surface area contributed by atoms with Crippen LogP contribution in [0.1, 0.15) is 17.7 Å². The van der Waals surface area contributed by atoms with Gasteiger partial charge in [0, 0.05) is 47.4 Å². The fourth-order valence-corrected chi connectivity index (χ4v) is 3.15.